The number of nitrogens with one attached hydrogen (secondary N) is 1. The van der Waals surface area contributed by atoms with Gasteiger partial charge in [0.05, 0.1) is 10.9 Å². The highest BCUT2D eigenvalue weighted by Crippen LogP contribution is 2.37. The second-order valence-corrected chi connectivity index (χ2v) is 9.28. The van der Waals surface area contributed by atoms with Crippen molar-refractivity contribution in [1.29, 1.82) is 0 Å². The van der Waals surface area contributed by atoms with Gasteiger partial charge < -0.3 is 4.98 Å². The van der Waals surface area contributed by atoms with Gasteiger partial charge in [-0.05, 0) is 54.7 Å². The molecule has 4 nitrogen and oxygen atoms in total. The predicted molar refractivity (Wildman–Crippen MR) is 114 cm³/mol. The van der Waals surface area contributed by atoms with Crippen molar-refractivity contribution in [3.63, 3.8) is 0 Å². The molecule has 0 spiro atoms. The maximum atomic E-state index is 13.4. The average molecular weight is 393 g/mol. The highest BCUT2D eigenvalue weighted by molar-refractivity contribution is 7.89. The van der Waals surface area contributed by atoms with Gasteiger partial charge in [-0.3, -0.25) is 0 Å². The molecule has 0 radical (unpaired) electrons. The van der Waals surface area contributed by atoms with Crippen LogP contribution < -0.4 is 0 Å². The van der Waals surface area contributed by atoms with E-state index < -0.39 is 10.0 Å². The Balaban J connectivity index is 1.65. The summed E-state index contributed by atoms with van der Waals surface area (Å²) < 4.78 is 28.4. The van der Waals surface area contributed by atoms with Crippen molar-refractivity contribution in [3.05, 3.63) is 90.2 Å². The molecule has 1 saturated carbocycles. The number of nitrogens with zero attached hydrogens (tertiary/aromatic N) is 1. The van der Waals surface area contributed by atoms with Gasteiger partial charge >= 0.3 is 0 Å². The van der Waals surface area contributed by atoms with Gasteiger partial charge in [-0.2, -0.15) is 4.31 Å². The highest BCUT2D eigenvalue weighted by atomic mass is 32.2. The molecule has 3 aromatic rings. The molecule has 1 aliphatic rings. The third-order valence-corrected chi connectivity index (χ3v) is 7.47. The van der Waals surface area contributed by atoms with Gasteiger partial charge in [0.25, 0.3) is 0 Å². The molecule has 1 aliphatic carbocycles. The Bertz CT molecular complexity index is 1160. The SMILES string of the molecule is C=C1C[C@@H](N(CCc2c[nH]c3ccccc23)S(=O)(=O)c2ccc(C)cc2)C1=C. The third-order valence-electron chi connectivity index (χ3n) is 5.55. The molecular formula is C23H24N2O2S. The summed E-state index contributed by atoms with van der Waals surface area (Å²) in [5, 5.41) is 1.13. The first-order valence-corrected chi connectivity index (χ1v) is 10.8. The number of sulfonamides is 1. The van der Waals surface area contributed by atoms with Crippen molar-refractivity contribution in [2.24, 2.45) is 0 Å². The van der Waals surface area contributed by atoms with Crippen molar-refractivity contribution in [2.75, 3.05) is 6.54 Å². The Morgan fingerprint density at radius 1 is 1.11 bits per heavy atom. The molecule has 2 aromatic carbocycles. The van der Waals surface area contributed by atoms with Crippen molar-refractivity contribution >= 4 is 20.9 Å². The van der Waals surface area contributed by atoms with Crippen molar-refractivity contribution in [3.8, 4) is 0 Å². The molecular weight excluding hydrogens is 368 g/mol. The van der Waals surface area contributed by atoms with E-state index in [0.29, 0.717) is 24.3 Å². The Labute approximate surface area is 166 Å². The number of aromatic nitrogens is 1. The quantitative estimate of drug-likeness (QED) is 0.667. The first-order valence-electron chi connectivity index (χ1n) is 9.38. The zero-order chi connectivity index (χ0) is 19.9. The summed E-state index contributed by atoms with van der Waals surface area (Å²) in [6, 6.07) is 14.9. The van der Waals surface area contributed by atoms with Crippen LogP contribution in [0.3, 0.4) is 0 Å². The van der Waals surface area contributed by atoms with Crippen LogP contribution in [-0.4, -0.2) is 30.3 Å². The van der Waals surface area contributed by atoms with Gasteiger partial charge in [0.1, 0.15) is 0 Å². The molecule has 1 aromatic heterocycles. The minimum absolute atomic E-state index is 0.219. The summed E-state index contributed by atoms with van der Waals surface area (Å²) >= 11 is 0. The number of hydrogen-bond donors (Lipinski definition) is 1. The van der Waals surface area contributed by atoms with Crippen LogP contribution in [0.5, 0.6) is 0 Å². The lowest BCUT2D eigenvalue weighted by molar-refractivity contribution is 0.327. The maximum absolute atomic E-state index is 13.4. The lowest BCUT2D eigenvalue weighted by atomic mass is 9.82. The van der Waals surface area contributed by atoms with Crippen LogP contribution in [0.4, 0.5) is 0 Å². The number of H-pyrrole nitrogens is 1. The summed E-state index contributed by atoms with van der Waals surface area (Å²) in [5.41, 5.74) is 4.96. The zero-order valence-electron chi connectivity index (χ0n) is 16.0. The van der Waals surface area contributed by atoms with Crippen LogP contribution in [0.2, 0.25) is 0 Å². The highest BCUT2D eigenvalue weighted by Gasteiger charge is 2.39. The minimum Gasteiger partial charge on any atom is -0.361 e. The van der Waals surface area contributed by atoms with E-state index in [2.05, 4.69) is 24.2 Å². The molecule has 0 aliphatic heterocycles. The lowest BCUT2D eigenvalue weighted by Gasteiger charge is -2.40. The van der Waals surface area contributed by atoms with Crippen molar-refractivity contribution < 1.29 is 8.42 Å². The molecule has 144 valence electrons. The normalized spacial score (nSPS) is 17.3. The van der Waals surface area contributed by atoms with E-state index in [4.69, 9.17) is 0 Å². The van der Waals surface area contributed by atoms with Gasteiger partial charge in [0.2, 0.25) is 10.0 Å². The predicted octanol–water partition coefficient (Wildman–Crippen LogP) is 4.59. The minimum atomic E-state index is -3.62. The van der Waals surface area contributed by atoms with Crippen LogP contribution in [-0.2, 0) is 16.4 Å². The Kier molecular flexibility index (Phi) is 4.73. The average Bonchev–Trinajstić information content (AvgIpc) is 3.10. The van der Waals surface area contributed by atoms with E-state index in [1.54, 1.807) is 16.4 Å². The lowest BCUT2D eigenvalue weighted by Crippen LogP contribution is -2.47. The fourth-order valence-electron chi connectivity index (χ4n) is 3.73. The van der Waals surface area contributed by atoms with Gasteiger partial charge in [0.15, 0.2) is 0 Å². The second kappa shape index (κ2) is 7.08. The fourth-order valence-corrected chi connectivity index (χ4v) is 5.35. The molecule has 0 bridgehead atoms. The number of aryl methyl sites for hydroxylation is 1. The summed E-state index contributed by atoms with van der Waals surface area (Å²) in [4.78, 5) is 3.58. The molecule has 1 atom stereocenters. The zero-order valence-corrected chi connectivity index (χ0v) is 16.8. The van der Waals surface area contributed by atoms with E-state index >= 15 is 0 Å². The van der Waals surface area contributed by atoms with Crippen LogP contribution in [0.1, 0.15) is 17.5 Å². The maximum Gasteiger partial charge on any atom is 0.243 e. The third kappa shape index (κ3) is 3.21. The number of benzene rings is 2. The summed E-state index contributed by atoms with van der Waals surface area (Å²) in [5.74, 6) is 0. The van der Waals surface area contributed by atoms with E-state index in [-0.39, 0.29) is 6.04 Å². The summed E-state index contributed by atoms with van der Waals surface area (Å²) in [6.07, 6.45) is 3.24. The second-order valence-electron chi connectivity index (χ2n) is 7.39. The number of aromatic amines is 1. The van der Waals surface area contributed by atoms with Crippen LogP contribution in [0, 0.1) is 6.92 Å². The fraction of sp³-hybridized carbons (Fsp3) is 0.217. The van der Waals surface area contributed by atoms with Crippen molar-refractivity contribution in [1.82, 2.24) is 9.29 Å². The topological polar surface area (TPSA) is 53.2 Å². The molecule has 1 fully saturated rings. The van der Waals surface area contributed by atoms with E-state index in [9.17, 15) is 8.42 Å². The monoisotopic (exact) mass is 392 g/mol. The number of hydrogen-bond acceptors (Lipinski definition) is 2. The van der Waals surface area contributed by atoms with Crippen molar-refractivity contribution in [2.45, 2.75) is 30.7 Å². The van der Waals surface area contributed by atoms with E-state index in [1.165, 1.54) is 0 Å². The molecule has 0 saturated heterocycles. The van der Waals surface area contributed by atoms with E-state index in [1.807, 2.05) is 43.5 Å². The summed E-state index contributed by atoms with van der Waals surface area (Å²) in [7, 11) is -3.62. The molecule has 1 heterocycles. The molecule has 5 heteroatoms. The summed E-state index contributed by atoms with van der Waals surface area (Å²) in [6.45, 7) is 10.4. The van der Waals surface area contributed by atoms with Crippen LogP contribution >= 0.6 is 0 Å². The van der Waals surface area contributed by atoms with Gasteiger partial charge in [-0.15, -0.1) is 0 Å². The number of rotatable bonds is 6. The Morgan fingerprint density at radius 2 is 1.82 bits per heavy atom. The molecule has 28 heavy (non-hydrogen) atoms. The van der Waals surface area contributed by atoms with E-state index in [0.717, 1.165) is 33.2 Å². The number of fused-ring (bicyclic) bond motifs is 1. The smallest absolute Gasteiger partial charge is 0.243 e. The number of para-hydroxylation sites is 1. The first kappa shape index (κ1) is 18.7. The molecule has 0 amide bonds. The largest absolute Gasteiger partial charge is 0.361 e. The molecule has 4 rings (SSSR count). The molecule has 1 N–H and O–H groups in total. The standard InChI is InChI=1S/C23H24N2O2S/c1-16-8-10-20(11-9-16)28(26,27)25(23-14-17(2)18(23)3)13-12-19-15-24-22-7-5-4-6-21(19)22/h4-11,15,23-24H,2-3,12-14H2,1H3/t23-/m1/s1. The Hall–Kier alpha value is -2.63. The Morgan fingerprint density at radius 3 is 2.50 bits per heavy atom. The first-order chi connectivity index (χ1) is 13.4. The van der Waals surface area contributed by atoms with Gasteiger partial charge in [0, 0.05) is 23.6 Å². The van der Waals surface area contributed by atoms with Crippen LogP contribution in [0.25, 0.3) is 10.9 Å². The van der Waals surface area contributed by atoms with Gasteiger partial charge in [-0.25, -0.2) is 8.42 Å². The molecule has 0 unspecified atom stereocenters. The van der Waals surface area contributed by atoms with Gasteiger partial charge in [-0.1, -0.05) is 49.1 Å². The van der Waals surface area contributed by atoms with Crippen LogP contribution in [0.15, 0.2) is 83.9 Å².